The van der Waals surface area contributed by atoms with Crippen LogP contribution < -0.4 is 10.5 Å². The maximum Gasteiger partial charge on any atom is 0.119 e. The zero-order valence-electron chi connectivity index (χ0n) is 10.6. The molecule has 0 aliphatic heterocycles. The monoisotopic (exact) mass is 235 g/mol. The molecule has 1 aliphatic carbocycles. The van der Waals surface area contributed by atoms with E-state index in [4.69, 9.17) is 10.5 Å². The number of nitrogens with two attached hydrogens (primary N) is 1. The van der Waals surface area contributed by atoms with E-state index in [0.717, 1.165) is 25.0 Å². The summed E-state index contributed by atoms with van der Waals surface area (Å²) in [7, 11) is 0. The normalized spacial score (nSPS) is 19.9. The van der Waals surface area contributed by atoms with Gasteiger partial charge in [-0.05, 0) is 56.4 Å². The van der Waals surface area contributed by atoms with E-state index in [9.17, 15) is 5.11 Å². The number of ether oxygens (including phenoxy) is 1. The Bertz CT molecular complexity index is 396. The molecule has 0 saturated heterocycles. The Morgan fingerprint density at radius 2 is 2.24 bits per heavy atom. The number of aliphatic hydroxyl groups is 1. The average molecular weight is 235 g/mol. The van der Waals surface area contributed by atoms with Gasteiger partial charge in [0.05, 0.1) is 5.60 Å². The molecule has 0 radical (unpaired) electrons. The molecule has 0 fully saturated rings. The summed E-state index contributed by atoms with van der Waals surface area (Å²) in [6.45, 7) is 3.76. The number of rotatable bonds is 3. The van der Waals surface area contributed by atoms with Gasteiger partial charge in [-0.3, -0.25) is 0 Å². The molecule has 1 atom stereocenters. The molecule has 1 aliphatic rings. The molecular formula is C14H21NO2. The van der Waals surface area contributed by atoms with Crippen molar-refractivity contribution in [2.45, 2.75) is 44.8 Å². The molecule has 3 heteroatoms. The van der Waals surface area contributed by atoms with E-state index in [-0.39, 0.29) is 6.04 Å². The van der Waals surface area contributed by atoms with Crippen molar-refractivity contribution in [2.75, 3.05) is 6.61 Å². The zero-order valence-corrected chi connectivity index (χ0v) is 10.6. The van der Waals surface area contributed by atoms with Gasteiger partial charge in [0.2, 0.25) is 0 Å². The molecule has 0 saturated carbocycles. The fourth-order valence-corrected chi connectivity index (χ4v) is 2.16. The van der Waals surface area contributed by atoms with Gasteiger partial charge >= 0.3 is 0 Å². The molecule has 1 aromatic carbocycles. The van der Waals surface area contributed by atoms with Gasteiger partial charge in [0, 0.05) is 6.04 Å². The standard InChI is InChI=1S/C14H21NO2/c1-14(2,16)9-17-11-7-6-10-4-3-5-13(15)12(10)8-11/h6-8,13,16H,3-5,9,15H2,1-2H3/t13-/m0/s1. The van der Waals surface area contributed by atoms with Crippen LogP contribution in [0.25, 0.3) is 0 Å². The summed E-state index contributed by atoms with van der Waals surface area (Å²) >= 11 is 0. The van der Waals surface area contributed by atoms with Crippen LogP contribution in [0.2, 0.25) is 0 Å². The minimum absolute atomic E-state index is 0.129. The molecule has 3 N–H and O–H groups in total. The van der Waals surface area contributed by atoms with E-state index in [2.05, 4.69) is 6.07 Å². The van der Waals surface area contributed by atoms with Gasteiger partial charge in [0.1, 0.15) is 12.4 Å². The second-order valence-electron chi connectivity index (χ2n) is 5.46. The van der Waals surface area contributed by atoms with Crippen LogP contribution in [0, 0.1) is 0 Å². The predicted octanol–water partition coefficient (Wildman–Crippen LogP) is 2.17. The fraction of sp³-hybridized carbons (Fsp3) is 0.571. The largest absolute Gasteiger partial charge is 0.491 e. The third-order valence-electron chi connectivity index (χ3n) is 3.07. The van der Waals surface area contributed by atoms with E-state index in [1.54, 1.807) is 13.8 Å². The van der Waals surface area contributed by atoms with E-state index in [1.165, 1.54) is 11.1 Å². The first-order valence-electron chi connectivity index (χ1n) is 6.19. The first-order valence-corrected chi connectivity index (χ1v) is 6.19. The summed E-state index contributed by atoms with van der Waals surface area (Å²) in [4.78, 5) is 0. The highest BCUT2D eigenvalue weighted by Gasteiger charge is 2.18. The molecular weight excluding hydrogens is 214 g/mol. The Balaban J connectivity index is 2.12. The summed E-state index contributed by atoms with van der Waals surface area (Å²) in [5.41, 5.74) is 7.82. The smallest absolute Gasteiger partial charge is 0.119 e. The molecule has 3 nitrogen and oxygen atoms in total. The van der Waals surface area contributed by atoms with Crippen molar-refractivity contribution < 1.29 is 9.84 Å². The van der Waals surface area contributed by atoms with Crippen molar-refractivity contribution in [3.05, 3.63) is 29.3 Å². The van der Waals surface area contributed by atoms with E-state index >= 15 is 0 Å². The first kappa shape index (κ1) is 12.4. The number of fused-ring (bicyclic) bond motifs is 1. The lowest BCUT2D eigenvalue weighted by Gasteiger charge is -2.24. The minimum Gasteiger partial charge on any atom is -0.491 e. The highest BCUT2D eigenvalue weighted by molar-refractivity contribution is 5.39. The minimum atomic E-state index is -0.808. The summed E-state index contributed by atoms with van der Waals surface area (Å²) in [5.74, 6) is 0.795. The van der Waals surface area contributed by atoms with Crippen LogP contribution in [0.4, 0.5) is 0 Å². The van der Waals surface area contributed by atoms with Crippen molar-refractivity contribution in [1.82, 2.24) is 0 Å². The lowest BCUT2D eigenvalue weighted by molar-refractivity contribution is 0.0284. The topological polar surface area (TPSA) is 55.5 Å². The van der Waals surface area contributed by atoms with Crippen molar-refractivity contribution in [2.24, 2.45) is 5.73 Å². The van der Waals surface area contributed by atoms with Crippen LogP contribution in [0.5, 0.6) is 5.75 Å². The fourth-order valence-electron chi connectivity index (χ4n) is 2.16. The first-order chi connectivity index (χ1) is 7.96. The van der Waals surface area contributed by atoms with Gasteiger partial charge in [-0.2, -0.15) is 0 Å². The second kappa shape index (κ2) is 4.67. The van der Waals surface area contributed by atoms with Gasteiger partial charge in [-0.1, -0.05) is 6.07 Å². The lowest BCUT2D eigenvalue weighted by Crippen LogP contribution is -2.28. The van der Waals surface area contributed by atoms with Gasteiger partial charge < -0.3 is 15.6 Å². The maximum absolute atomic E-state index is 9.62. The number of benzene rings is 1. The molecule has 17 heavy (non-hydrogen) atoms. The SMILES string of the molecule is CC(C)(O)COc1ccc2c(c1)[C@@H](N)CCC2. The third-order valence-corrected chi connectivity index (χ3v) is 3.07. The summed E-state index contributed by atoms with van der Waals surface area (Å²) in [6.07, 6.45) is 3.31. The number of aryl methyl sites for hydroxylation is 1. The Hall–Kier alpha value is -1.06. The van der Waals surface area contributed by atoms with Gasteiger partial charge in [-0.25, -0.2) is 0 Å². The third kappa shape index (κ3) is 3.20. The Morgan fingerprint density at radius 1 is 1.47 bits per heavy atom. The molecule has 2 rings (SSSR count). The van der Waals surface area contributed by atoms with E-state index < -0.39 is 5.60 Å². The summed E-state index contributed by atoms with van der Waals surface area (Å²) in [5, 5.41) is 9.62. The van der Waals surface area contributed by atoms with E-state index in [1.807, 2.05) is 12.1 Å². The second-order valence-corrected chi connectivity index (χ2v) is 5.46. The van der Waals surface area contributed by atoms with Gasteiger partial charge in [0.15, 0.2) is 0 Å². The molecule has 94 valence electrons. The van der Waals surface area contributed by atoms with Crippen LogP contribution in [-0.2, 0) is 6.42 Å². The van der Waals surface area contributed by atoms with Crippen molar-refractivity contribution in [1.29, 1.82) is 0 Å². The van der Waals surface area contributed by atoms with Gasteiger partial charge in [-0.15, -0.1) is 0 Å². The molecule has 0 aromatic heterocycles. The summed E-state index contributed by atoms with van der Waals surface area (Å²) in [6, 6.07) is 6.20. The molecule has 1 aromatic rings. The van der Waals surface area contributed by atoms with Gasteiger partial charge in [0.25, 0.3) is 0 Å². The maximum atomic E-state index is 9.62. The van der Waals surface area contributed by atoms with Crippen molar-refractivity contribution >= 4 is 0 Å². The zero-order chi connectivity index (χ0) is 12.5. The molecule has 0 spiro atoms. The Kier molecular flexibility index (Phi) is 3.40. The Labute approximate surface area is 103 Å². The highest BCUT2D eigenvalue weighted by Crippen LogP contribution is 2.31. The summed E-state index contributed by atoms with van der Waals surface area (Å²) < 4.78 is 5.58. The predicted molar refractivity (Wildman–Crippen MR) is 68.1 cm³/mol. The van der Waals surface area contributed by atoms with Crippen LogP contribution in [0.1, 0.15) is 43.9 Å². The van der Waals surface area contributed by atoms with E-state index in [0.29, 0.717) is 6.61 Å². The average Bonchev–Trinajstić information content (AvgIpc) is 2.26. The van der Waals surface area contributed by atoms with Crippen LogP contribution >= 0.6 is 0 Å². The molecule has 0 bridgehead atoms. The molecule has 0 heterocycles. The van der Waals surface area contributed by atoms with Crippen molar-refractivity contribution in [3.63, 3.8) is 0 Å². The lowest BCUT2D eigenvalue weighted by atomic mass is 9.88. The quantitative estimate of drug-likeness (QED) is 0.844. The van der Waals surface area contributed by atoms with Crippen molar-refractivity contribution in [3.8, 4) is 5.75 Å². The molecule has 0 unspecified atom stereocenters. The van der Waals surface area contributed by atoms with Crippen LogP contribution in [0.3, 0.4) is 0 Å². The Morgan fingerprint density at radius 3 is 2.94 bits per heavy atom. The number of hydrogen-bond acceptors (Lipinski definition) is 3. The highest BCUT2D eigenvalue weighted by atomic mass is 16.5. The van der Waals surface area contributed by atoms with Crippen LogP contribution in [-0.4, -0.2) is 17.3 Å². The number of hydrogen-bond donors (Lipinski definition) is 2. The molecule has 0 amide bonds. The van der Waals surface area contributed by atoms with Crippen LogP contribution in [0.15, 0.2) is 18.2 Å².